The molecular formula is C18H25N3S. The van der Waals surface area contributed by atoms with E-state index in [-0.39, 0.29) is 5.41 Å². The first kappa shape index (κ1) is 15.3. The van der Waals surface area contributed by atoms with E-state index in [9.17, 15) is 0 Å². The van der Waals surface area contributed by atoms with E-state index in [1.807, 2.05) is 11.3 Å². The molecule has 0 saturated carbocycles. The Labute approximate surface area is 137 Å². The summed E-state index contributed by atoms with van der Waals surface area (Å²) in [6.45, 7) is 13.2. The van der Waals surface area contributed by atoms with Gasteiger partial charge < -0.3 is 9.80 Å². The van der Waals surface area contributed by atoms with Crippen molar-refractivity contribution >= 4 is 22.0 Å². The SMILES string of the molecule is Cc1nc(C(C)(C)C)c(N2CCN(c3ccccc3)CC2)s1. The van der Waals surface area contributed by atoms with Gasteiger partial charge in [-0.3, -0.25) is 0 Å². The van der Waals surface area contributed by atoms with Crippen LogP contribution in [-0.4, -0.2) is 31.2 Å². The molecule has 2 aromatic rings. The summed E-state index contributed by atoms with van der Waals surface area (Å²) in [4.78, 5) is 9.79. The highest BCUT2D eigenvalue weighted by molar-refractivity contribution is 7.15. The highest BCUT2D eigenvalue weighted by Gasteiger charge is 2.27. The van der Waals surface area contributed by atoms with Crippen LogP contribution in [0.25, 0.3) is 0 Å². The highest BCUT2D eigenvalue weighted by atomic mass is 32.1. The predicted molar refractivity (Wildman–Crippen MR) is 96.4 cm³/mol. The number of piperazine rings is 1. The number of rotatable bonds is 2. The number of para-hydroxylation sites is 1. The van der Waals surface area contributed by atoms with E-state index in [1.54, 1.807) is 0 Å². The molecular weight excluding hydrogens is 290 g/mol. The van der Waals surface area contributed by atoms with E-state index in [2.05, 4.69) is 67.8 Å². The second-order valence-corrected chi connectivity index (χ2v) is 8.13. The zero-order chi connectivity index (χ0) is 15.7. The Bertz CT molecular complexity index is 620. The molecule has 3 rings (SSSR count). The molecule has 0 atom stereocenters. The lowest BCUT2D eigenvalue weighted by Crippen LogP contribution is -2.46. The number of aromatic nitrogens is 1. The van der Waals surface area contributed by atoms with Crippen molar-refractivity contribution in [3.05, 3.63) is 41.0 Å². The summed E-state index contributed by atoms with van der Waals surface area (Å²) >= 11 is 1.84. The molecule has 4 heteroatoms. The van der Waals surface area contributed by atoms with Crippen molar-refractivity contribution in [2.45, 2.75) is 33.1 Å². The van der Waals surface area contributed by atoms with Gasteiger partial charge in [-0.25, -0.2) is 4.98 Å². The maximum atomic E-state index is 4.80. The van der Waals surface area contributed by atoms with Crippen molar-refractivity contribution in [1.82, 2.24) is 4.98 Å². The number of aryl methyl sites for hydroxylation is 1. The summed E-state index contributed by atoms with van der Waals surface area (Å²) in [6.07, 6.45) is 0. The molecule has 1 fully saturated rings. The first-order chi connectivity index (χ1) is 10.4. The van der Waals surface area contributed by atoms with Crippen LogP contribution in [0.5, 0.6) is 0 Å². The van der Waals surface area contributed by atoms with Crippen LogP contribution in [0.4, 0.5) is 10.7 Å². The van der Waals surface area contributed by atoms with Gasteiger partial charge in [0.05, 0.1) is 10.7 Å². The Balaban J connectivity index is 1.75. The summed E-state index contributed by atoms with van der Waals surface area (Å²) in [7, 11) is 0. The third kappa shape index (κ3) is 3.12. The van der Waals surface area contributed by atoms with Crippen LogP contribution >= 0.6 is 11.3 Å². The molecule has 118 valence electrons. The maximum Gasteiger partial charge on any atom is 0.115 e. The minimum atomic E-state index is 0.108. The number of hydrogen-bond acceptors (Lipinski definition) is 4. The lowest BCUT2D eigenvalue weighted by atomic mass is 9.92. The second-order valence-electron chi connectivity index (χ2n) is 6.95. The summed E-state index contributed by atoms with van der Waals surface area (Å²) in [5.41, 5.74) is 2.69. The summed E-state index contributed by atoms with van der Waals surface area (Å²) in [6, 6.07) is 10.7. The lowest BCUT2D eigenvalue weighted by Gasteiger charge is -2.37. The van der Waals surface area contributed by atoms with E-state index in [4.69, 9.17) is 4.98 Å². The van der Waals surface area contributed by atoms with Gasteiger partial charge in [-0.05, 0) is 19.1 Å². The molecule has 2 heterocycles. The van der Waals surface area contributed by atoms with Crippen molar-refractivity contribution < 1.29 is 0 Å². The van der Waals surface area contributed by atoms with Crippen molar-refractivity contribution in [2.75, 3.05) is 36.0 Å². The molecule has 0 bridgehead atoms. The molecule has 1 aromatic heterocycles. The van der Waals surface area contributed by atoms with Gasteiger partial charge in [0.2, 0.25) is 0 Å². The zero-order valence-corrected chi connectivity index (χ0v) is 14.8. The fourth-order valence-corrected chi connectivity index (χ4v) is 4.10. The first-order valence-corrected chi connectivity index (χ1v) is 8.79. The van der Waals surface area contributed by atoms with Crippen molar-refractivity contribution in [3.63, 3.8) is 0 Å². The van der Waals surface area contributed by atoms with Gasteiger partial charge in [0, 0.05) is 37.3 Å². The Hall–Kier alpha value is -1.55. The zero-order valence-electron chi connectivity index (χ0n) is 14.0. The third-order valence-corrected chi connectivity index (χ3v) is 5.15. The van der Waals surface area contributed by atoms with Gasteiger partial charge >= 0.3 is 0 Å². The number of anilines is 2. The van der Waals surface area contributed by atoms with Gasteiger partial charge in [-0.15, -0.1) is 11.3 Å². The fraction of sp³-hybridized carbons (Fsp3) is 0.500. The molecule has 1 aromatic carbocycles. The molecule has 1 aliphatic heterocycles. The quantitative estimate of drug-likeness (QED) is 0.832. The maximum absolute atomic E-state index is 4.80. The van der Waals surface area contributed by atoms with Crippen molar-refractivity contribution in [2.24, 2.45) is 0 Å². The van der Waals surface area contributed by atoms with Gasteiger partial charge in [0.1, 0.15) is 5.00 Å². The molecule has 0 amide bonds. The fourth-order valence-electron chi connectivity index (χ4n) is 2.93. The van der Waals surface area contributed by atoms with Crippen molar-refractivity contribution in [1.29, 1.82) is 0 Å². The lowest BCUT2D eigenvalue weighted by molar-refractivity contribution is 0.564. The van der Waals surface area contributed by atoms with Gasteiger partial charge in [-0.2, -0.15) is 0 Å². The second kappa shape index (κ2) is 5.92. The summed E-state index contributed by atoms with van der Waals surface area (Å²) in [5, 5.41) is 2.54. The summed E-state index contributed by atoms with van der Waals surface area (Å²) < 4.78 is 0. The molecule has 3 nitrogen and oxygen atoms in total. The monoisotopic (exact) mass is 315 g/mol. The Kier molecular flexibility index (Phi) is 4.13. The molecule has 0 spiro atoms. The molecule has 0 aliphatic carbocycles. The van der Waals surface area contributed by atoms with Crippen LogP contribution in [0.3, 0.4) is 0 Å². The third-order valence-electron chi connectivity index (χ3n) is 4.11. The number of thiazole rings is 1. The van der Waals surface area contributed by atoms with Crippen LogP contribution in [0.1, 0.15) is 31.5 Å². The van der Waals surface area contributed by atoms with E-state index < -0.39 is 0 Å². The van der Waals surface area contributed by atoms with Gasteiger partial charge in [0.15, 0.2) is 0 Å². The van der Waals surface area contributed by atoms with Crippen LogP contribution in [-0.2, 0) is 5.41 Å². The number of benzene rings is 1. The largest absolute Gasteiger partial charge is 0.368 e. The first-order valence-electron chi connectivity index (χ1n) is 7.98. The minimum absolute atomic E-state index is 0.108. The number of hydrogen-bond donors (Lipinski definition) is 0. The average molecular weight is 315 g/mol. The molecule has 0 N–H and O–H groups in total. The van der Waals surface area contributed by atoms with E-state index in [0.29, 0.717) is 0 Å². The highest BCUT2D eigenvalue weighted by Crippen LogP contribution is 2.37. The topological polar surface area (TPSA) is 19.4 Å². The van der Waals surface area contributed by atoms with Crippen LogP contribution in [0, 0.1) is 6.92 Å². The Morgan fingerprint density at radius 2 is 1.55 bits per heavy atom. The van der Waals surface area contributed by atoms with Crippen LogP contribution in [0.2, 0.25) is 0 Å². The van der Waals surface area contributed by atoms with Gasteiger partial charge in [0.25, 0.3) is 0 Å². The molecule has 22 heavy (non-hydrogen) atoms. The van der Waals surface area contributed by atoms with Crippen LogP contribution in [0.15, 0.2) is 30.3 Å². The molecule has 1 aliphatic rings. The smallest absolute Gasteiger partial charge is 0.115 e. The van der Waals surface area contributed by atoms with E-state index in [1.165, 1.54) is 21.4 Å². The molecule has 1 saturated heterocycles. The van der Waals surface area contributed by atoms with Crippen molar-refractivity contribution in [3.8, 4) is 0 Å². The van der Waals surface area contributed by atoms with Crippen LogP contribution < -0.4 is 9.80 Å². The normalized spacial score (nSPS) is 16.2. The Morgan fingerprint density at radius 1 is 0.955 bits per heavy atom. The minimum Gasteiger partial charge on any atom is -0.368 e. The Morgan fingerprint density at radius 3 is 2.14 bits per heavy atom. The molecule has 0 radical (unpaired) electrons. The van der Waals surface area contributed by atoms with Gasteiger partial charge in [-0.1, -0.05) is 39.0 Å². The molecule has 0 unspecified atom stereocenters. The number of nitrogens with zero attached hydrogens (tertiary/aromatic N) is 3. The summed E-state index contributed by atoms with van der Waals surface area (Å²) in [5.74, 6) is 0. The van der Waals surface area contributed by atoms with E-state index in [0.717, 1.165) is 26.2 Å². The predicted octanol–water partition coefficient (Wildman–Crippen LogP) is 4.08. The van der Waals surface area contributed by atoms with E-state index >= 15 is 0 Å². The average Bonchev–Trinajstić information content (AvgIpc) is 2.91. The standard InChI is InChI=1S/C18H25N3S/c1-14-19-16(18(2,3)4)17(22-14)21-12-10-20(11-13-21)15-8-6-5-7-9-15/h5-9H,10-13H2,1-4H3.